The van der Waals surface area contributed by atoms with E-state index in [-0.39, 0.29) is 17.8 Å². The zero-order valence-corrected chi connectivity index (χ0v) is 14.0. The number of halogens is 1. The van der Waals surface area contributed by atoms with Gasteiger partial charge in [0.05, 0.1) is 25.5 Å². The van der Waals surface area contributed by atoms with Gasteiger partial charge < -0.3 is 15.2 Å². The molecule has 1 aliphatic carbocycles. The molecule has 0 spiro atoms. The van der Waals surface area contributed by atoms with Crippen molar-refractivity contribution in [1.82, 2.24) is 4.98 Å². The zero-order chi connectivity index (χ0) is 17.4. The number of pyridine rings is 1. The first-order chi connectivity index (χ1) is 12.1. The van der Waals surface area contributed by atoms with Crippen LogP contribution < -0.4 is 10.5 Å². The molecule has 1 saturated carbocycles. The summed E-state index contributed by atoms with van der Waals surface area (Å²) in [6.45, 7) is 0.486. The Morgan fingerprint density at radius 2 is 2.16 bits per heavy atom. The summed E-state index contributed by atoms with van der Waals surface area (Å²) in [4.78, 5) is 8.75. The van der Waals surface area contributed by atoms with Gasteiger partial charge in [-0.25, -0.2) is 9.38 Å². The van der Waals surface area contributed by atoms with E-state index in [1.165, 1.54) is 6.07 Å². The SMILES string of the molecule is COc1cncc(-c2ccc(F)c(C34CCCC3COC(N)=N4)c2)c1. The minimum atomic E-state index is -0.630. The second-order valence-electron chi connectivity index (χ2n) is 6.58. The van der Waals surface area contributed by atoms with E-state index < -0.39 is 5.54 Å². The lowest BCUT2D eigenvalue weighted by atomic mass is 9.79. The Labute approximate surface area is 145 Å². The van der Waals surface area contributed by atoms with Gasteiger partial charge in [-0.3, -0.25) is 4.98 Å². The van der Waals surface area contributed by atoms with Gasteiger partial charge in [-0.2, -0.15) is 0 Å². The van der Waals surface area contributed by atoms with Crippen LogP contribution in [0.2, 0.25) is 0 Å². The minimum absolute atomic E-state index is 0.144. The van der Waals surface area contributed by atoms with Crippen LogP contribution in [0.15, 0.2) is 41.7 Å². The maximum absolute atomic E-state index is 14.8. The molecule has 130 valence electrons. The van der Waals surface area contributed by atoms with Crippen LogP contribution in [0, 0.1) is 11.7 Å². The van der Waals surface area contributed by atoms with E-state index in [2.05, 4.69) is 9.98 Å². The molecule has 0 radical (unpaired) electrons. The van der Waals surface area contributed by atoms with Gasteiger partial charge in [0, 0.05) is 23.2 Å². The van der Waals surface area contributed by atoms with Gasteiger partial charge in [0.15, 0.2) is 0 Å². The highest BCUT2D eigenvalue weighted by atomic mass is 19.1. The van der Waals surface area contributed by atoms with Crippen LogP contribution in [0.4, 0.5) is 4.39 Å². The lowest BCUT2D eigenvalue weighted by Crippen LogP contribution is -2.41. The molecular weight excluding hydrogens is 321 g/mol. The van der Waals surface area contributed by atoms with Gasteiger partial charge in [0.2, 0.25) is 0 Å². The van der Waals surface area contributed by atoms with Crippen molar-refractivity contribution in [2.24, 2.45) is 16.6 Å². The Morgan fingerprint density at radius 3 is 3.00 bits per heavy atom. The molecule has 2 aliphatic rings. The standard InChI is InChI=1S/C19H20FN3O2/c1-24-15-7-13(9-22-10-15)12-4-5-17(20)16(8-12)19-6-2-3-14(19)11-25-18(21)23-19/h4-5,7-10,14H,2-3,6,11H2,1H3,(H2,21,23). The Kier molecular flexibility index (Phi) is 3.82. The highest BCUT2D eigenvalue weighted by molar-refractivity contribution is 5.73. The number of hydrogen-bond donors (Lipinski definition) is 1. The van der Waals surface area contributed by atoms with E-state index in [1.54, 1.807) is 25.6 Å². The number of hydrogen-bond acceptors (Lipinski definition) is 5. The van der Waals surface area contributed by atoms with Gasteiger partial charge in [0.1, 0.15) is 11.6 Å². The molecule has 1 aromatic heterocycles. The quantitative estimate of drug-likeness (QED) is 0.930. The van der Waals surface area contributed by atoms with Crippen LogP contribution in [-0.4, -0.2) is 24.7 Å². The molecule has 5 nitrogen and oxygen atoms in total. The first-order valence-corrected chi connectivity index (χ1v) is 8.40. The summed E-state index contributed by atoms with van der Waals surface area (Å²) in [5.41, 5.74) is 7.53. The summed E-state index contributed by atoms with van der Waals surface area (Å²) in [5.74, 6) is 0.548. The van der Waals surface area contributed by atoms with E-state index in [0.29, 0.717) is 17.9 Å². The van der Waals surface area contributed by atoms with Crippen LogP contribution in [0.25, 0.3) is 11.1 Å². The molecule has 1 aliphatic heterocycles. The lowest BCUT2D eigenvalue weighted by Gasteiger charge is -2.36. The minimum Gasteiger partial charge on any atom is -0.495 e. The van der Waals surface area contributed by atoms with Crippen molar-refractivity contribution in [3.63, 3.8) is 0 Å². The van der Waals surface area contributed by atoms with Gasteiger partial charge >= 0.3 is 0 Å². The van der Waals surface area contributed by atoms with Crippen LogP contribution in [-0.2, 0) is 10.3 Å². The van der Waals surface area contributed by atoms with Crippen molar-refractivity contribution in [2.45, 2.75) is 24.8 Å². The van der Waals surface area contributed by atoms with E-state index in [0.717, 1.165) is 30.4 Å². The molecule has 1 fully saturated rings. The monoisotopic (exact) mass is 341 g/mol. The van der Waals surface area contributed by atoms with Crippen molar-refractivity contribution in [2.75, 3.05) is 13.7 Å². The van der Waals surface area contributed by atoms with Crippen LogP contribution in [0.1, 0.15) is 24.8 Å². The largest absolute Gasteiger partial charge is 0.495 e. The van der Waals surface area contributed by atoms with Gasteiger partial charge in [0.25, 0.3) is 6.02 Å². The first kappa shape index (κ1) is 15.9. The molecule has 2 N–H and O–H groups in total. The maximum Gasteiger partial charge on any atom is 0.282 e. The highest BCUT2D eigenvalue weighted by Gasteiger charge is 2.48. The molecule has 2 heterocycles. The number of amidine groups is 1. The Bertz CT molecular complexity index is 839. The Balaban J connectivity index is 1.84. The maximum atomic E-state index is 14.8. The van der Waals surface area contributed by atoms with Gasteiger partial charge in [-0.15, -0.1) is 0 Å². The molecule has 0 bridgehead atoms. The topological polar surface area (TPSA) is 69.7 Å². The van der Waals surface area contributed by atoms with Crippen molar-refractivity contribution >= 4 is 6.02 Å². The number of methoxy groups -OCH3 is 1. The zero-order valence-electron chi connectivity index (χ0n) is 14.0. The predicted octanol–water partition coefficient (Wildman–Crippen LogP) is 3.24. The molecule has 0 amide bonds. The number of nitrogens with two attached hydrogens (primary N) is 1. The summed E-state index contributed by atoms with van der Waals surface area (Å²) in [6, 6.07) is 7.14. The summed E-state index contributed by atoms with van der Waals surface area (Å²) >= 11 is 0. The molecule has 2 atom stereocenters. The molecule has 4 rings (SSSR count). The average molecular weight is 341 g/mol. The first-order valence-electron chi connectivity index (χ1n) is 8.40. The molecule has 6 heteroatoms. The lowest BCUT2D eigenvalue weighted by molar-refractivity contribution is 0.146. The number of ether oxygens (including phenoxy) is 2. The Hall–Kier alpha value is -2.63. The average Bonchev–Trinajstić information content (AvgIpc) is 3.06. The number of fused-ring (bicyclic) bond motifs is 1. The van der Waals surface area contributed by atoms with Gasteiger partial charge in [-0.05, 0) is 36.6 Å². The van der Waals surface area contributed by atoms with Crippen LogP contribution >= 0.6 is 0 Å². The molecule has 0 saturated heterocycles. The Morgan fingerprint density at radius 1 is 1.28 bits per heavy atom. The third-order valence-electron chi connectivity index (χ3n) is 5.24. The fourth-order valence-electron chi connectivity index (χ4n) is 3.98. The molecule has 1 aromatic carbocycles. The van der Waals surface area contributed by atoms with Crippen LogP contribution in [0.3, 0.4) is 0 Å². The van der Waals surface area contributed by atoms with Crippen molar-refractivity contribution in [3.05, 3.63) is 48.0 Å². The summed E-state index contributed by atoms with van der Waals surface area (Å²) in [7, 11) is 1.60. The molecular formula is C19H20FN3O2. The second kappa shape index (κ2) is 6.02. The number of benzene rings is 1. The fraction of sp³-hybridized carbons (Fsp3) is 0.368. The van der Waals surface area contributed by atoms with Gasteiger partial charge in [-0.1, -0.05) is 12.5 Å². The van der Waals surface area contributed by atoms with Crippen molar-refractivity contribution < 1.29 is 13.9 Å². The molecule has 25 heavy (non-hydrogen) atoms. The molecule has 2 aromatic rings. The smallest absolute Gasteiger partial charge is 0.282 e. The van der Waals surface area contributed by atoms with Crippen molar-refractivity contribution in [1.29, 1.82) is 0 Å². The number of aromatic nitrogens is 1. The molecule has 2 unspecified atom stereocenters. The number of aliphatic imine (C=N–C) groups is 1. The highest BCUT2D eigenvalue weighted by Crippen LogP contribution is 2.50. The van der Waals surface area contributed by atoms with E-state index in [4.69, 9.17) is 15.2 Å². The summed E-state index contributed by atoms with van der Waals surface area (Å²) in [5, 5.41) is 0. The summed E-state index contributed by atoms with van der Waals surface area (Å²) in [6.07, 6.45) is 6.10. The predicted molar refractivity (Wildman–Crippen MR) is 92.8 cm³/mol. The van der Waals surface area contributed by atoms with E-state index in [9.17, 15) is 4.39 Å². The third-order valence-corrected chi connectivity index (χ3v) is 5.24. The van der Waals surface area contributed by atoms with E-state index in [1.807, 2.05) is 12.1 Å². The number of rotatable bonds is 3. The normalized spacial score (nSPS) is 25.0. The summed E-state index contributed by atoms with van der Waals surface area (Å²) < 4.78 is 25.4. The fourth-order valence-corrected chi connectivity index (χ4v) is 3.98. The van der Waals surface area contributed by atoms with Crippen molar-refractivity contribution in [3.8, 4) is 16.9 Å². The second-order valence-corrected chi connectivity index (χ2v) is 6.58. The number of nitrogens with zero attached hydrogens (tertiary/aromatic N) is 2. The third kappa shape index (κ3) is 2.62. The van der Waals surface area contributed by atoms with Crippen LogP contribution in [0.5, 0.6) is 5.75 Å². The van der Waals surface area contributed by atoms with E-state index >= 15 is 0 Å².